The summed E-state index contributed by atoms with van der Waals surface area (Å²) in [4.78, 5) is 16.6. The number of para-hydroxylation sites is 1. The first kappa shape index (κ1) is 14.9. The van der Waals surface area contributed by atoms with Crippen molar-refractivity contribution < 1.29 is 0 Å². The predicted octanol–water partition coefficient (Wildman–Crippen LogP) is 4.46. The van der Waals surface area contributed by atoms with Gasteiger partial charge in [0.15, 0.2) is 0 Å². The van der Waals surface area contributed by atoms with Crippen LogP contribution >= 0.6 is 0 Å². The van der Waals surface area contributed by atoms with Crippen molar-refractivity contribution in [2.45, 2.75) is 32.7 Å². The molecule has 2 heterocycles. The summed E-state index contributed by atoms with van der Waals surface area (Å²) in [6.07, 6.45) is 3.07. The van der Waals surface area contributed by atoms with E-state index in [1.54, 1.807) is 0 Å². The van der Waals surface area contributed by atoms with E-state index < -0.39 is 0 Å². The number of fused-ring (bicyclic) bond motifs is 3. The summed E-state index contributed by atoms with van der Waals surface area (Å²) in [5.41, 5.74) is 4.47. The molecule has 0 saturated heterocycles. The molecule has 0 fully saturated rings. The second-order valence-corrected chi connectivity index (χ2v) is 6.65. The Balaban J connectivity index is 1.80. The minimum atomic E-state index is -0.139. The highest BCUT2D eigenvalue weighted by atomic mass is 16.1. The van der Waals surface area contributed by atoms with Gasteiger partial charge in [-0.05, 0) is 47.2 Å². The maximum Gasteiger partial charge on any atom is 0.281 e. The number of aromatic nitrogens is 2. The van der Waals surface area contributed by atoms with Crippen LogP contribution in [-0.4, -0.2) is 9.55 Å². The molecular weight excluding hydrogens is 296 g/mol. The topological polar surface area (TPSA) is 34.9 Å². The number of aryl methyl sites for hydroxylation is 1. The Morgan fingerprint density at radius 1 is 1.08 bits per heavy atom. The molecule has 1 aromatic heterocycles. The van der Waals surface area contributed by atoms with Crippen LogP contribution in [0, 0.1) is 0 Å². The molecule has 0 atom stereocenters. The van der Waals surface area contributed by atoms with Gasteiger partial charge in [-0.2, -0.15) is 4.98 Å². The van der Waals surface area contributed by atoms with Crippen molar-refractivity contribution in [3.8, 4) is 0 Å². The van der Waals surface area contributed by atoms with Crippen LogP contribution in [0.2, 0.25) is 0 Å². The van der Waals surface area contributed by atoms with Crippen molar-refractivity contribution in [3.63, 3.8) is 0 Å². The zero-order valence-electron chi connectivity index (χ0n) is 14.0. The number of nitrogens with zero attached hydrogens (tertiary/aromatic N) is 2. The lowest BCUT2D eigenvalue weighted by Crippen LogP contribution is -2.14. The lowest BCUT2D eigenvalue weighted by Gasteiger charge is -2.08. The molecule has 3 nitrogen and oxygen atoms in total. The van der Waals surface area contributed by atoms with Crippen LogP contribution in [0.1, 0.15) is 43.1 Å². The minimum absolute atomic E-state index is 0.139. The smallest absolute Gasteiger partial charge is 0.281 e. The fourth-order valence-corrected chi connectivity index (χ4v) is 3.35. The Labute approximate surface area is 141 Å². The highest BCUT2D eigenvalue weighted by Gasteiger charge is 2.20. The number of benzene rings is 2. The normalized spacial score (nSPS) is 15.4. The minimum Gasteiger partial charge on any atom is -0.325 e. The Morgan fingerprint density at radius 3 is 2.58 bits per heavy atom. The molecule has 0 spiro atoms. The summed E-state index contributed by atoms with van der Waals surface area (Å²) in [5.74, 6) is 1.34. The van der Waals surface area contributed by atoms with Gasteiger partial charge in [-0.25, -0.2) is 0 Å². The number of allylic oxidation sites excluding steroid dienone is 1. The van der Waals surface area contributed by atoms with E-state index in [4.69, 9.17) is 0 Å². The van der Waals surface area contributed by atoms with Crippen molar-refractivity contribution in [2.24, 2.45) is 0 Å². The fraction of sp³-hybridized carbons (Fsp3) is 0.238. The average Bonchev–Trinajstić information content (AvgIpc) is 2.98. The van der Waals surface area contributed by atoms with E-state index in [0.717, 1.165) is 35.4 Å². The van der Waals surface area contributed by atoms with Crippen molar-refractivity contribution in [3.05, 3.63) is 75.8 Å². The van der Waals surface area contributed by atoms with Crippen molar-refractivity contribution >= 4 is 22.6 Å². The molecule has 0 saturated carbocycles. The molecule has 0 aliphatic carbocycles. The van der Waals surface area contributed by atoms with Gasteiger partial charge in [0, 0.05) is 6.54 Å². The molecule has 3 heteroatoms. The van der Waals surface area contributed by atoms with Crippen molar-refractivity contribution in [1.82, 2.24) is 9.55 Å². The van der Waals surface area contributed by atoms with Crippen LogP contribution in [-0.2, 0) is 6.54 Å². The molecule has 2 aromatic carbocycles. The highest BCUT2D eigenvalue weighted by Crippen LogP contribution is 2.29. The number of hydrogen-bond donors (Lipinski definition) is 0. The second kappa shape index (κ2) is 5.75. The van der Waals surface area contributed by atoms with Gasteiger partial charge in [0.05, 0.1) is 10.9 Å². The van der Waals surface area contributed by atoms with E-state index >= 15 is 0 Å². The molecular formula is C21H20N2O. The summed E-state index contributed by atoms with van der Waals surface area (Å²) in [6, 6.07) is 16.3. The lowest BCUT2D eigenvalue weighted by atomic mass is 10.0. The molecule has 1 aliphatic heterocycles. The summed E-state index contributed by atoms with van der Waals surface area (Å²) in [5, 5.41) is 0.698. The molecule has 0 radical (unpaired) electrons. The molecule has 24 heavy (non-hydrogen) atoms. The van der Waals surface area contributed by atoms with E-state index in [1.165, 1.54) is 5.56 Å². The summed E-state index contributed by atoms with van der Waals surface area (Å²) in [6.45, 7) is 5.27. The van der Waals surface area contributed by atoms with Gasteiger partial charge in [-0.1, -0.05) is 50.2 Å². The molecule has 0 bridgehead atoms. The van der Waals surface area contributed by atoms with Gasteiger partial charge in [0.25, 0.3) is 5.56 Å². The number of rotatable bonds is 2. The third-order valence-corrected chi connectivity index (χ3v) is 4.72. The van der Waals surface area contributed by atoms with Gasteiger partial charge in [0.2, 0.25) is 0 Å². The molecule has 4 rings (SSSR count). The molecule has 120 valence electrons. The zero-order chi connectivity index (χ0) is 16.7. The molecule has 3 aromatic rings. The van der Waals surface area contributed by atoms with Gasteiger partial charge < -0.3 is 4.57 Å². The van der Waals surface area contributed by atoms with Crippen molar-refractivity contribution in [1.29, 1.82) is 0 Å². The first-order valence-corrected chi connectivity index (χ1v) is 8.44. The zero-order valence-corrected chi connectivity index (χ0v) is 14.0. The van der Waals surface area contributed by atoms with Crippen LogP contribution in [0.15, 0.2) is 53.3 Å². The van der Waals surface area contributed by atoms with E-state index in [1.807, 2.05) is 24.3 Å². The van der Waals surface area contributed by atoms with E-state index in [0.29, 0.717) is 11.3 Å². The van der Waals surface area contributed by atoms with Gasteiger partial charge in [0.1, 0.15) is 5.82 Å². The maximum absolute atomic E-state index is 12.3. The summed E-state index contributed by atoms with van der Waals surface area (Å²) in [7, 11) is 0. The number of hydrogen-bond acceptors (Lipinski definition) is 2. The van der Waals surface area contributed by atoms with Crippen LogP contribution in [0.25, 0.3) is 22.6 Å². The Kier molecular flexibility index (Phi) is 3.57. The van der Waals surface area contributed by atoms with Gasteiger partial charge in [-0.3, -0.25) is 4.79 Å². The quantitative estimate of drug-likeness (QED) is 0.699. The SMILES string of the molecule is CC(C)c1ccc(C=C2CCn3c2nc(=O)c2ccccc23)cc1. The summed E-state index contributed by atoms with van der Waals surface area (Å²) >= 11 is 0. The molecule has 0 amide bonds. The first-order valence-electron chi connectivity index (χ1n) is 8.44. The summed E-state index contributed by atoms with van der Waals surface area (Å²) < 4.78 is 2.16. The van der Waals surface area contributed by atoms with E-state index in [-0.39, 0.29) is 5.56 Å². The molecule has 1 aliphatic rings. The highest BCUT2D eigenvalue weighted by molar-refractivity contribution is 5.85. The third-order valence-electron chi connectivity index (χ3n) is 4.72. The average molecular weight is 316 g/mol. The lowest BCUT2D eigenvalue weighted by molar-refractivity contribution is 0.772. The molecule has 0 unspecified atom stereocenters. The van der Waals surface area contributed by atoms with Crippen LogP contribution in [0.4, 0.5) is 0 Å². The Hall–Kier alpha value is -2.68. The Morgan fingerprint density at radius 2 is 1.83 bits per heavy atom. The van der Waals surface area contributed by atoms with Crippen LogP contribution in [0.5, 0.6) is 0 Å². The van der Waals surface area contributed by atoms with Gasteiger partial charge in [-0.15, -0.1) is 0 Å². The Bertz CT molecular complexity index is 995. The predicted molar refractivity (Wildman–Crippen MR) is 99.0 cm³/mol. The van der Waals surface area contributed by atoms with Crippen molar-refractivity contribution in [2.75, 3.05) is 0 Å². The maximum atomic E-state index is 12.3. The van der Waals surface area contributed by atoms with Crippen LogP contribution in [0.3, 0.4) is 0 Å². The molecule has 0 N–H and O–H groups in total. The standard InChI is InChI=1S/C21H20N2O/c1-14(2)16-9-7-15(8-10-16)13-17-11-12-23-19-6-4-3-5-18(19)21(24)22-20(17)23/h3-10,13-14H,11-12H2,1-2H3. The van der Waals surface area contributed by atoms with E-state index in [9.17, 15) is 4.79 Å². The monoisotopic (exact) mass is 316 g/mol. The van der Waals surface area contributed by atoms with E-state index in [2.05, 4.69) is 53.7 Å². The van der Waals surface area contributed by atoms with Gasteiger partial charge >= 0.3 is 0 Å². The largest absolute Gasteiger partial charge is 0.325 e. The fourth-order valence-electron chi connectivity index (χ4n) is 3.35. The first-order chi connectivity index (χ1) is 11.6. The van der Waals surface area contributed by atoms with Crippen LogP contribution < -0.4 is 5.56 Å². The third kappa shape index (κ3) is 2.46. The second-order valence-electron chi connectivity index (χ2n) is 6.65.